The number of halogens is 1. The molecule has 1 aromatic carbocycles. The molecule has 8 heteroatoms. The number of ether oxygens (including phenoxy) is 2. The van der Waals surface area contributed by atoms with Crippen molar-refractivity contribution in [3.63, 3.8) is 0 Å². The summed E-state index contributed by atoms with van der Waals surface area (Å²) in [7, 11) is 0. The van der Waals surface area contributed by atoms with Crippen molar-refractivity contribution in [1.29, 1.82) is 0 Å². The molecule has 0 aliphatic carbocycles. The Balaban J connectivity index is 1.55. The van der Waals surface area contributed by atoms with Gasteiger partial charge < -0.3 is 19.7 Å². The van der Waals surface area contributed by atoms with E-state index >= 15 is 0 Å². The predicted molar refractivity (Wildman–Crippen MR) is 116 cm³/mol. The second-order valence-electron chi connectivity index (χ2n) is 7.07. The van der Waals surface area contributed by atoms with Gasteiger partial charge in [-0.2, -0.15) is 0 Å². The van der Waals surface area contributed by atoms with Gasteiger partial charge in [-0.1, -0.05) is 6.07 Å². The highest BCUT2D eigenvalue weighted by Gasteiger charge is 2.25. The highest BCUT2D eigenvalue weighted by atomic mass is 127. The number of nitrogens with one attached hydrogen (secondary N) is 1. The lowest BCUT2D eigenvalue weighted by Gasteiger charge is -2.31. The summed E-state index contributed by atoms with van der Waals surface area (Å²) in [5, 5.41) is 3.28. The summed E-state index contributed by atoms with van der Waals surface area (Å²) in [5.74, 6) is 1.21. The van der Waals surface area contributed by atoms with Crippen LogP contribution in [0.5, 0.6) is 5.88 Å². The third kappa shape index (κ3) is 5.70. The first-order valence-corrected chi connectivity index (χ1v) is 10.5. The number of piperidine rings is 1. The summed E-state index contributed by atoms with van der Waals surface area (Å²) in [5.41, 5.74) is 2.21. The van der Waals surface area contributed by atoms with Crippen LogP contribution in [0.25, 0.3) is 0 Å². The van der Waals surface area contributed by atoms with Crippen molar-refractivity contribution in [3.8, 4) is 5.88 Å². The number of benzene rings is 1. The molecule has 150 valence electrons. The topological polar surface area (TPSA) is 76.6 Å². The summed E-state index contributed by atoms with van der Waals surface area (Å²) in [6, 6.07) is 7.96. The van der Waals surface area contributed by atoms with E-state index in [2.05, 4.69) is 56.9 Å². The third-order valence-electron chi connectivity index (χ3n) is 4.41. The number of hydrogen-bond donors (Lipinski definition) is 1. The zero-order valence-corrected chi connectivity index (χ0v) is 18.5. The van der Waals surface area contributed by atoms with Gasteiger partial charge in [0.25, 0.3) is 0 Å². The van der Waals surface area contributed by atoms with Crippen molar-refractivity contribution >= 4 is 40.2 Å². The summed E-state index contributed by atoms with van der Waals surface area (Å²) >= 11 is 2.31. The SMILES string of the molecule is Cc1ccc(Nc2cc(OC3CCN(C(=O)OC(C)C)CC3)ncn2)cc1I. The first kappa shape index (κ1) is 20.6. The molecule has 1 amide bonds. The van der Waals surface area contributed by atoms with Crippen LogP contribution >= 0.6 is 22.6 Å². The molecular formula is C20H25IN4O3. The monoisotopic (exact) mass is 496 g/mol. The molecular weight excluding hydrogens is 471 g/mol. The van der Waals surface area contributed by atoms with Crippen molar-refractivity contribution < 1.29 is 14.3 Å². The van der Waals surface area contributed by atoms with Crippen molar-refractivity contribution in [3.05, 3.63) is 39.7 Å². The van der Waals surface area contributed by atoms with E-state index in [4.69, 9.17) is 9.47 Å². The van der Waals surface area contributed by atoms with E-state index < -0.39 is 0 Å². The maximum atomic E-state index is 12.0. The quantitative estimate of drug-likeness (QED) is 0.614. The molecule has 7 nitrogen and oxygen atoms in total. The number of aromatic nitrogens is 2. The molecule has 0 unspecified atom stereocenters. The van der Waals surface area contributed by atoms with Crippen molar-refractivity contribution in [2.45, 2.75) is 45.8 Å². The lowest BCUT2D eigenvalue weighted by Crippen LogP contribution is -2.42. The van der Waals surface area contributed by atoms with Crippen LogP contribution in [0.2, 0.25) is 0 Å². The lowest BCUT2D eigenvalue weighted by molar-refractivity contribution is 0.0507. The normalized spacial score (nSPS) is 14.8. The Morgan fingerprint density at radius 3 is 2.68 bits per heavy atom. The molecule has 0 saturated carbocycles. The minimum absolute atomic E-state index is 0.0196. The van der Waals surface area contributed by atoms with E-state index in [0.717, 1.165) is 18.5 Å². The zero-order chi connectivity index (χ0) is 20.1. The highest BCUT2D eigenvalue weighted by Crippen LogP contribution is 2.23. The van der Waals surface area contributed by atoms with Crippen LogP contribution in [0.15, 0.2) is 30.6 Å². The van der Waals surface area contributed by atoms with Gasteiger partial charge >= 0.3 is 6.09 Å². The molecule has 0 radical (unpaired) electrons. The fourth-order valence-corrected chi connectivity index (χ4v) is 3.41. The van der Waals surface area contributed by atoms with Gasteiger partial charge in [0.05, 0.1) is 6.10 Å². The van der Waals surface area contributed by atoms with Crippen LogP contribution in [0.3, 0.4) is 0 Å². The number of rotatable bonds is 5. The number of amides is 1. The van der Waals surface area contributed by atoms with Gasteiger partial charge in [0.2, 0.25) is 5.88 Å². The minimum atomic E-state index is -0.255. The summed E-state index contributed by atoms with van der Waals surface area (Å²) in [4.78, 5) is 22.2. The Bertz CT molecular complexity index is 823. The first-order valence-electron chi connectivity index (χ1n) is 9.38. The van der Waals surface area contributed by atoms with E-state index in [1.54, 1.807) is 11.0 Å². The number of nitrogens with zero attached hydrogens (tertiary/aromatic N) is 3. The molecule has 1 N–H and O–H groups in total. The van der Waals surface area contributed by atoms with Crippen LogP contribution in [-0.4, -0.2) is 46.3 Å². The molecule has 0 bridgehead atoms. The van der Waals surface area contributed by atoms with E-state index in [1.165, 1.54) is 15.5 Å². The second kappa shape index (κ2) is 9.40. The summed E-state index contributed by atoms with van der Waals surface area (Å²) in [6.45, 7) is 7.02. The second-order valence-corrected chi connectivity index (χ2v) is 8.23. The van der Waals surface area contributed by atoms with Crippen molar-refractivity contribution in [2.75, 3.05) is 18.4 Å². The highest BCUT2D eigenvalue weighted by molar-refractivity contribution is 14.1. The number of carbonyl (C=O) groups excluding carboxylic acids is 1. The maximum absolute atomic E-state index is 12.0. The van der Waals surface area contributed by atoms with Crippen LogP contribution in [-0.2, 0) is 4.74 Å². The van der Waals surface area contributed by atoms with E-state index in [0.29, 0.717) is 24.8 Å². The molecule has 1 aliphatic heterocycles. The van der Waals surface area contributed by atoms with Crippen molar-refractivity contribution in [2.24, 2.45) is 0 Å². The van der Waals surface area contributed by atoms with Gasteiger partial charge in [-0.05, 0) is 61.1 Å². The van der Waals surface area contributed by atoms with Crippen molar-refractivity contribution in [1.82, 2.24) is 14.9 Å². The lowest BCUT2D eigenvalue weighted by atomic mass is 10.1. The van der Waals surface area contributed by atoms with Gasteiger partial charge in [0.1, 0.15) is 18.2 Å². The first-order chi connectivity index (χ1) is 13.4. The minimum Gasteiger partial charge on any atom is -0.474 e. The Morgan fingerprint density at radius 1 is 1.25 bits per heavy atom. The number of anilines is 2. The van der Waals surface area contributed by atoms with Crippen LogP contribution < -0.4 is 10.1 Å². The number of likely N-dealkylation sites (tertiary alicyclic amines) is 1. The smallest absolute Gasteiger partial charge is 0.410 e. The number of hydrogen-bond acceptors (Lipinski definition) is 6. The molecule has 1 saturated heterocycles. The zero-order valence-electron chi connectivity index (χ0n) is 16.3. The Hall–Kier alpha value is -2.10. The average molecular weight is 496 g/mol. The average Bonchev–Trinajstić information content (AvgIpc) is 2.65. The standard InChI is InChI=1S/C20H25IN4O3/c1-13(2)27-20(26)25-8-6-16(7-9-25)28-19-11-18(22-12-23-19)24-15-5-4-14(3)17(21)10-15/h4-5,10-13,16H,6-9H2,1-3H3,(H,22,23,24). The molecule has 28 heavy (non-hydrogen) atoms. The maximum Gasteiger partial charge on any atom is 0.410 e. The van der Waals surface area contributed by atoms with E-state index in [9.17, 15) is 4.79 Å². The summed E-state index contributed by atoms with van der Waals surface area (Å²) in [6.07, 6.45) is 2.64. The van der Waals surface area contributed by atoms with Gasteiger partial charge in [0, 0.05) is 41.3 Å². The molecule has 2 aromatic rings. The molecule has 2 heterocycles. The molecule has 1 aromatic heterocycles. The fraction of sp³-hybridized carbons (Fsp3) is 0.450. The fourth-order valence-electron chi connectivity index (χ4n) is 2.89. The number of carbonyl (C=O) groups is 1. The predicted octanol–water partition coefficient (Wildman–Crippen LogP) is 4.52. The Morgan fingerprint density at radius 2 is 2.00 bits per heavy atom. The van der Waals surface area contributed by atoms with Crippen LogP contribution in [0, 0.1) is 10.5 Å². The van der Waals surface area contributed by atoms with Crippen LogP contribution in [0.4, 0.5) is 16.3 Å². The molecule has 3 rings (SSSR count). The van der Waals surface area contributed by atoms with Gasteiger partial charge in [-0.25, -0.2) is 14.8 Å². The van der Waals surface area contributed by atoms with E-state index in [-0.39, 0.29) is 18.3 Å². The van der Waals surface area contributed by atoms with Gasteiger partial charge in [-0.3, -0.25) is 0 Å². The number of aryl methyl sites for hydroxylation is 1. The molecule has 0 atom stereocenters. The van der Waals surface area contributed by atoms with Gasteiger partial charge in [-0.15, -0.1) is 0 Å². The largest absolute Gasteiger partial charge is 0.474 e. The Kier molecular flexibility index (Phi) is 6.93. The third-order valence-corrected chi connectivity index (χ3v) is 5.57. The summed E-state index contributed by atoms with van der Waals surface area (Å²) < 4.78 is 12.5. The molecule has 0 spiro atoms. The Labute approximate surface area is 179 Å². The molecule has 1 fully saturated rings. The molecule has 1 aliphatic rings. The van der Waals surface area contributed by atoms with Crippen LogP contribution in [0.1, 0.15) is 32.3 Å². The van der Waals surface area contributed by atoms with E-state index in [1.807, 2.05) is 19.9 Å². The van der Waals surface area contributed by atoms with Gasteiger partial charge in [0.15, 0.2) is 0 Å².